The lowest BCUT2D eigenvalue weighted by Crippen LogP contribution is -2.16. The van der Waals surface area contributed by atoms with Gasteiger partial charge in [0.15, 0.2) is 0 Å². The van der Waals surface area contributed by atoms with Crippen molar-refractivity contribution < 1.29 is 14.6 Å². The zero-order valence-electron chi connectivity index (χ0n) is 11.2. The number of aromatic amines is 1. The minimum Gasteiger partial charge on any atom is -0.486 e. The summed E-state index contributed by atoms with van der Waals surface area (Å²) in [4.78, 5) is 28.6. The zero-order valence-corrected chi connectivity index (χ0v) is 12.0. The highest BCUT2D eigenvalue weighted by molar-refractivity contribution is 6.31. The van der Waals surface area contributed by atoms with Crippen molar-refractivity contribution in [3.05, 3.63) is 56.7 Å². The molecule has 1 aromatic carbocycles. The van der Waals surface area contributed by atoms with Gasteiger partial charge in [0.05, 0.1) is 12.1 Å². The molecule has 0 saturated carbocycles. The van der Waals surface area contributed by atoms with E-state index in [0.29, 0.717) is 10.8 Å². The summed E-state index contributed by atoms with van der Waals surface area (Å²) in [5.74, 6) is -0.192. The van der Waals surface area contributed by atoms with Crippen LogP contribution in [0, 0.1) is 6.92 Å². The molecule has 0 radical (unpaired) electrons. The van der Waals surface area contributed by atoms with Crippen LogP contribution in [0.25, 0.3) is 0 Å². The van der Waals surface area contributed by atoms with Crippen LogP contribution in [-0.4, -0.2) is 21.0 Å². The summed E-state index contributed by atoms with van der Waals surface area (Å²) in [5.41, 5.74) is 0.652. The fourth-order valence-corrected chi connectivity index (χ4v) is 1.85. The minimum atomic E-state index is -1.05. The van der Waals surface area contributed by atoms with Crippen LogP contribution < -0.4 is 10.3 Å². The van der Waals surface area contributed by atoms with Crippen LogP contribution in [-0.2, 0) is 17.8 Å². The number of nitrogens with zero attached hydrogens (tertiary/aromatic N) is 1. The molecule has 1 heterocycles. The zero-order chi connectivity index (χ0) is 15.4. The molecule has 1 aromatic heterocycles. The fraction of sp³-hybridized carbons (Fsp3) is 0.214. The van der Waals surface area contributed by atoms with Gasteiger partial charge in [-0.1, -0.05) is 11.6 Å². The van der Waals surface area contributed by atoms with Crippen molar-refractivity contribution in [3.63, 3.8) is 0 Å². The molecule has 0 bridgehead atoms. The molecule has 110 valence electrons. The van der Waals surface area contributed by atoms with E-state index in [-0.39, 0.29) is 24.5 Å². The van der Waals surface area contributed by atoms with Crippen LogP contribution in [0.4, 0.5) is 0 Å². The highest BCUT2D eigenvalue weighted by Crippen LogP contribution is 2.21. The van der Waals surface area contributed by atoms with Gasteiger partial charge in [-0.3, -0.25) is 9.59 Å². The highest BCUT2D eigenvalue weighted by Gasteiger charge is 2.07. The molecule has 0 spiro atoms. The summed E-state index contributed by atoms with van der Waals surface area (Å²) in [6, 6.07) is 6.34. The number of carboxylic acids is 1. The second kappa shape index (κ2) is 6.41. The number of carboxylic acid groups (broad SMARTS) is 1. The normalized spacial score (nSPS) is 10.4. The Bertz CT molecular complexity index is 727. The molecule has 0 fully saturated rings. The predicted octanol–water partition coefficient (Wildman–Crippen LogP) is 1.94. The van der Waals surface area contributed by atoms with Gasteiger partial charge in [0.1, 0.15) is 18.2 Å². The van der Waals surface area contributed by atoms with E-state index < -0.39 is 11.5 Å². The van der Waals surface area contributed by atoms with Crippen molar-refractivity contribution >= 4 is 17.6 Å². The smallest absolute Gasteiger partial charge is 0.309 e. The second-order valence-electron chi connectivity index (χ2n) is 4.45. The molecule has 0 atom stereocenters. The number of ether oxygens (including phenoxy) is 1. The van der Waals surface area contributed by atoms with Crippen molar-refractivity contribution in [2.45, 2.75) is 20.0 Å². The molecular weight excluding hydrogens is 296 g/mol. The summed E-state index contributed by atoms with van der Waals surface area (Å²) >= 11 is 5.92. The molecule has 2 aromatic rings. The van der Waals surface area contributed by atoms with E-state index in [1.54, 1.807) is 18.2 Å². The third kappa shape index (κ3) is 4.32. The lowest BCUT2D eigenvalue weighted by molar-refractivity contribution is -0.136. The number of halogens is 1. The Balaban J connectivity index is 2.12. The fourth-order valence-electron chi connectivity index (χ4n) is 1.74. The van der Waals surface area contributed by atoms with E-state index >= 15 is 0 Å². The van der Waals surface area contributed by atoms with Gasteiger partial charge in [0, 0.05) is 11.1 Å². The summed E-state index contributed by atoms with van der Waals surface area (Å²) in [6.45, 7) is 1.88. The van der Waals surface area contributed by atoms with Gasteiger partial charge in [-0.15, -0.1) is 0 Å². The molecule has 21 heavy (non-hydrogen) atoms. The largest absolute Gasteiger partial charge is 0.486 e. The topological polar surface area (TPSA) is 92.3 Å². The number of nitrogens with one attached hydrogen (secondary N) is 1. The quantitative estimate of drug-likeness (QED) is 0.880. The molecular formula is C14H13ClN2O4. The summed E-state index contributed by atoms with van der Waals surface area (Å²) < 4.78 is 5.50. The first-order valence-corrected chi connectivity index (χ1v) is 6.51. The van der Waals surface area contributed by atoms with Crippen LogP contribution >= 0.6 is 11.6 Å². The van der Waals surface area contributed by atoms with Crippen LogP contribution in [0.3, 0.4) is 0 Å². The predicted molar refractivity (Wildman–Crippen MR) is 76.7 cm³/mol. The molecule has 6 nitrogen and oxygen atoms in total. The van der Waals surface area contributed by atoms with Gasteiger partial charge in [0.2, 0.25) is 0 Å². The summed E-state index contributed by atoms with van der Waals surface area (Å²) in [6.07, 6.45) is -0.309. The van der Waals surface area contributed by atoms with E-state index in [4.69, 9.17) is 21.4 Å². The Morgan fingerprint density at radius 3 is 2.86 bits per heavy atom. The Hall–Kier alpha value is -2.34. The van der Waals surface area contributed by atoms with Crippen LogP contribution in [0.1, 0.15) is 17.1 Å². The SMILES string of the molecule is Cc1cc(OCc2nc(CC(=O)O)cc(=O)[nH]2)ccc1Cl. The van der Waals surface area contributed by atoms with Crippen molar-refractivity contribution in [1.29, 1.82) is 0 Å². The Morgan fingerprint density at radius 2 is 2.19 bits per heavy atom. The third-order valence-corrected chi connectivity index (χ3v) is 3.11. The van der Waals surface area contributed by atoms with Gasteiger partial charge in [-0.05, 0) is 30.7 Å². The van der Waals surface area contributed by atoms with Gasteiger partial charge < -0.3 is 14.8 Å². The van der Waals surface area contributed by atoms with Crippen LogP contribution in [0.2, 0.25) is 5.02 Å². The van der Waals surface area contributed by atoms with Gasteiger partial charge in [-0.25, -0.2) is 4.98 Å². The maximum absolute atomic E-state index is 11.4. The van der Waals surface area contributed by atoms with E-state index in [1.807, 2.05) is 6.92 Å². The number of H-pyrrole nitrogens is 1. The standard InChI is InChI=1S/C14H13ClN2O4/c1-8-4-10(2-3-11(8)15)21-7-12-16-9(6-14(19)20)5-13(18)17-12/h2-5H,6-7H2,1H3,(H,19,20)(H,16,17,18). The van der Waals surface area contributed by atoms with E-state index in [2.05, 4.69) is 9.97 Å². The number of aromatic nitrogens is 2. The first-order valence-electron chi connectivity index (χ1n) is 6.14. The minimum absolute atomic E-state index is 0.0315. The number of aryl methyl sites for hydroxylation is 1. The number of hydrogen-bond acceptors (Lipinski definition) is 4. The maximum atomic E-state index is 11.4. The van der Waals surface area contributed by atoms with E-state index in [0.717, 1.165) is 11.6 Å². The average molecular weight is 309 g/mol. The van der Waals surface area contributed by atoms with Crippen molar-refractivity contribution in [1.82, 2.24) is 9.97 Å². The van der Waals surface area contributed by atoms with E-state index in [1.165, 1.54) is 0 Å². The lowest BCUT2D eigenvalue weighted by atomic mass is 10.2. The lowest BCUT2D eigenvalue weighted by Gasteiger charge is -2.08. The highest BCUT2D eigenvalue weighted by atomic mass is 35.5. The molecule has 0 aliphatic rings. The molecule has 2 rings (SSSR count). The number of rotatable bonds is 5. The molecule has 0 aliphatic heterocycles. The van der Waals surface area contributed by atoms with Crippen LogP contribution in [0.5, 0.6) is 5.75 Å². The molecule has 7 heteroatoms. The maximum Gasteiger partial charge on any atom is 0.309 e. The molecule has 0 unspecified atom stereocenters. The molecule has 0 aliphatic carbocycles. The average Bonchev–Trinajstić information content (AvgIpc) is 2.39. The Labute approximate surface area is 125 Å². The second-order valence-corrected chi connectivity index (χ2v) is 4.86. The number of hydrogen-bond donors (Lipinski definition) is 2. The Kier molecular flexibility index (Phi) is 4.59. The number of aliphatic carboxylic acids is 1. The summed E-state index contributed by atoms with van der Waals surface area (Å²) in [5, 5.41) is 9.35. The van der Waals surface area contributed by atoms with E-state index in [9.17, 15) is 9.59 Å². The monoisotopic (exact) mass is 308 g/mol. The molecule has 2 N–H and O–H groups in total. The van der Waals surface area contributed by atoms with Crippen molar-refractivity contribution in [2.75, 3.05) is 0 Å². The van der Waals surface area contributed by atoms with Crippen LogP contribution in [0.15, 0.2) is 29.1 Å². The third-order valence-electron chi connectivity index (χ3n) is 2.68. The number of benzene rings is 1. The van der Waals surface area contributed by atoms with Gasteiger partial charge >= 0.3 is 5.97 Å². The first kappa shape index (κ1) is 15.1. The Morgan fingerprint density at radius 1 is 1.43 bits per heavy atom. The first-order chi connectivity index (χ1) is 9.94. The number of carbonyl (C=O) groups is 1. The van der Waals surface area contributed by atoms with Crippen molar-refractivity contribution in [2.24, 2.45) is 0 Å². The van der Waals surface area contributed by atoms with Crippen molar-refractivity contribution in [3.8, 4) is 5.75 Å². The molecule has 0 amide bonds. The molecule has 0 saturated heterocycles. The summed E-state index contributed by atoms with van der Waals surface area (Å²) in [7, 11) is 0. The van der Waals surface area contributed by atoms with Gasteiger partial charge in [-0.2, -0.15) is 0 Å². The van der Waals surface area contributed by atoms with Gasteiger partial charge in [0.25, 0.3) is 5.56 Å².